The minimum Gasteiger partial charge on any atom is -0.349 e. The van der Waals surface area contributed by atoms with E-state index in [4.69, 9.17) is 0 Å². The van der Waals surface area contributed by atoms with Gasteiger partial charge in [-0.3, -0.25) is 0 Å². The quantitative estimate of drug-likeness (QED) is 0.615. The van der Waals surface area contributed by atoms with Crippen LogP contribution < -0.4 is 0 Å². The van der Waals surface area contributed by atoms with Gasteiger partial charge in [-0.1, -0.05) is 44.9 Å². The third kappa shape index (κ3) is 2.76. The van der Waals surface area contributed by atoms with Crippen molar-refractivity contribution in [2.75, 3.05) is 0 Å². The summed E-state index contributed by atoms with van der Waals surface area (Å²) >= 11 is 3.44. The van der Waals surface area contributed by atoms with Crippen molar-refractivity contribution in [2.24, 2.45) is 0 Å². The summed E-state index contributed by atoms with van der Waals surface area (Å²) in [7, 11) is 3.51. The Morgan fingerprint density at radius 3 is 2.44 bits per heavy atom. The fourth-order valence-corrected chi connectivity index (χ4v) is 3.86. The molecule has 0 atom stereocenters. The number of aromatic nitrogens is 1. The normalized spacial score (nSPS) is 10.9. The average Bonchev–Trinajstić information content (AvgIpc) is 2.81. The van der Waals surface area contributed by atoms with Crippen LogP contribution in [0.2, 0.25) is 0 Å². The van der Waals surface area contributed by atoms with E-state index in [-0.39, 0.29) is 0 Å². The Kier molecular flexibility index (Phi) is 3.68. The maximum absolute atomic E-state index is 3.44. The van der Waals surface area contributed by atoms with Crippen molar-refractivity contribution in [3.05, 3.63) is 59.1 Å². The smallest absolute Gasteiger partial charge is 0.0843 e. The number of para-hydroxylation sites is 1. The molecule has 4 heteroatoms. The maximum Gasteiger partial charge on any atom is 0.0843 e. The zero-order valence-corrected chi connectivity index (χ0v) is 12.6. The van der Waals surface area contributed by atoms with Gasteiger partial charge in [-0.05, 0) is 47.2 Å². The van der Waals surface area contributed by atoms with E-state index in [2.05, 4.69) is 75.5 Å². The monoisotopic (exact) mass is 335 g/mol. The van der Waals surface area contributed by atoms with Gasteiger partial charge >= 0.3 is 0 Å². The molecule has 0 unspecified atom stereocenters. The third-order valence-electron chi connectivity index (χ3n) is 2.55. The van der Waals surface area contributed by atoms with Crippen LogP contribution in [0.1, 0.15) is 0 Å². The Balaban J connectivity index is 1.74. The van der Waals surface area contributed by atoms with E-state index in [1.807, 2.05) is 0 Å². The van der Waals surface area contributed by atoms with Crippen LogP contribution in [0.15, 0.2) is 69.0 Å². The van der Waals surface area contributed by atoms with Crippen LogP contribution in [0.4, 0.5) is 0 Å². The largest absolute Gasteiger partial charge is 0.349 e. The van der Waals surface area contributed by atoms with Gasteiger partial charge in [0.1, 0.15) is 0 Å². The van der Waals surface area contributed by atoms with Gasteiger partial charge in [-0.25, -0.2) is 0 Å². The first-order chi connectivity index (χ1) is 8.81. The number of fused-ring (bicyclic) bond motifs is 1. The van der Waals surface area contributed by atoms with Gasteiger partial charge in [-0.2, -0.15) is 0 Å². The van der Waals surface area contributed by atoms with E-state index >= 15 is 0 Å². The summed E-state index contributed by atoms with van der Waals surface area (Å²) < 4.78 is 1.11. The number of hydrogen-bond donors (Lipinski definition) is 1. The van der Waals surface area contributed by atoms with Crippen molar-refractivity contribution in [2.45, 2.75) is 9.92 Å². The molecule has 0 saturated carbocycles. The minimum atomic E-state index is 1.11. The molecule has 1 N–H and O–H groups in total. The van der Waals surface area contributed by atoms with Gasteiger partial charge in [0.2, 0.25) is 0 Å². The molecule has 0 aliphatic rings. The molecule has 2 aromatic carbocycles. The molecule has 0 amide bonds. The summed E-state index contributed by atoms with van der Waals surface area (Å²) in [6, 6.07) is 18.9. The molecule has 18 heavy (non-hydrogen) atoms. The first-order valence-electron chi connectivity index (χ1n) is 5.49. The second kappa shape index (κ2) is 5.43. The van der Waals surface area contributed by atoms with Gasteiger partial charge in [0.15, 0.2) is 0 Å². The first kappa shape index (κ1) is 12.2. The highest BCUT2D eigenvalue weighted by molar-refractivity contribution is 9.10. The highest BCUT2D eigenvalue weighted by Crippen LogP contribution is 2.38. The number of hydrogen-bond acceptors (Lipinski definition) is 2. The van der Waals surface area contributed by atoms with Crippen molar-refractivity contribution in [1.82, 2.24) is 4.98 Å². The molecule has 0 radical (unpaired) electrons. The number of aromatic amines is 1. The van der Waals surface area contributed by atoms with Gasteiger partial charge in [0.25, 0.3) is 0 Å². The molecular formula is C14H10BrNS2. The zero-order chi connectivity index (χ0) is 12.4. The number of halogens is 1. The van der Waals surface area contributed by atoms with Crippen molar-refractivity contribution in [1.29, 1.82) is 0 Å². The topological polar surface area (TPSA) is 15.8 Å². The van der Waals surface area contributed by atoms with Crippen molar-refractivity contribution < 1.29 is 0 Å². The molecule has 1 nitrogen and oxygen atoms in total. The van der Waals surface area contributed by atoms with Crippen LogP contribution in [0.25, 0.3) is 10.9 Å². The number of benzene rings is 2. The Hall–Kier alpha value is -0.840. The van der Waals surface area contributed by atoms with E-state index in [0.717, 1.165) is 4.47 Å². The van der Waals surface area contributed by atoms with E-state index in [0.29, 0.717) is 0 Å². The molecule has 1 aromatic heterocycles. The van der Waals surface area contributed by atoms with E-state index in [1.54, 1.807) is 21.6 Å². The summed E-state index contributed by atoms with van der Waals surface area (Å²) in [5, 5.41) is 2.44. The standard InChI is InChI=1S/C14H10BrNS2/c15-11-5-7-12(8-6-11)17-18-14-9-10-3-1-2-4-13(10)16-14/h1-9,16H. The van der Waals surface area contributed by atoms with Crippen LogP contribution in [0.5, 0.6) is 0 Å². The second-order valence-corrected chi connectivity index (χ2v) is 7.00. The van der Waals surface area contributed by atoms with Gasteiger partial charge in [-0.15, -0.1) is 0 Å². The predicted octanol–water partition coefficient (Wildman–Crippen LogP) is 5.73. The number of H-pyrrole nitrogens is 1. The Bertz CT molecular complexity index is 628. The minimum absolute atomic E-state index is 1.11. The SMILES string of the molecule is Brc1ccc(SSc2cc3ccccc3[nH]2)cc1. The summed E-state index contributed by atoms with van der Waals surface area (Å²) in [6.07, 6.45) is 0. The molecule has 90 valence electrons. The summed E-state index contributed by atoms with van der Waals surface area (Å²) in [5.74, 6) is 0. The second-order valence-electron chi connectivity index (χ2n) is 3.84. The Labute approximate surface area is 122 Å². The van der Waals surface area contributed by atoms with Gasteiger partial charge in [0, 0.05) is 20.3 Å². The summed E-state index contributed by atoms with van der Waals surface area (Å²) in [4.78, 5) is 4.66. The van der Waals surface area contributed by atoms with Crippen LogP contribution in [-0.4, -0.2) is 4.98 Å². The molecule has 3 aromatic rings. The lowest BCUT2D eigenvalue weighted by Crippen LogP contribution is -1.69. The fourth-order valence-electron chi connectivity index (χ4n) is 1.67. The summed E-state index contributed by atoms with van der Waals surface area (Å²) in [5.41, 5.74) is 1.19. The van der Waals surface area contributed by atoms with Crippen LogP contribution >= 0.6 is 37.5 Å². The van der Waals surface area contributed by atoms with Gasteiger partial charge < -0.3 is 4.98 Å². The highest BCUT2D eigenvalue weighted by Gasteiger charge is 2.02. The molecule has 0 spiro atoms. The molecule has 0 bridgehead atoms. The lowest BCUT2D eigenvalue weighted by atomic mass is 10.3. The highest BCUT2D eigenvalue weighted by atomic mass is 79.9. The van der Waals surface area contributed by atoms with Crippen molar-refractivity contribution in [3.8, 4) is 0 Å². The Morgan fingerprint density at radius 2 is 1.67 bits per heavy atom. The van der Waals surface area contributed by atoms with Crippen molar-refractivity contribution in [3.63, 3.8) is 0 Å². The van der Waals surface area contributed by atoms with Crippen LogP contribution in [0, 0.1) is 0 Å². The van der Waals surface area contributed by atoms with Crippen LogP contribution in [0.3, 0.4) is 0 Å². The predicted molar refractivity (Wildman–Crippen MR) is 84.2 cm³/mol. The lowest BCUT2D eigenvalue weighted by molar-refractivity contribution is 1.25. The maximum atomic E-state index is 3.44. The molecule has 0 aliphatic heterocycles. The molecule has 0 saturated heterocycles. The van der Waals surface area contributed by atoms with E-state index in [1.165, 1.54) is 20.8 Å². The molecule has 1 heterocycles. The molecule has 0 fully saturated rings. The molecule has 0 aliphatic carbocycles. The van der Waals surface area contributed by atoms with Gasteiger partial charge in [0.05, 0.1) is 5.03 Å². The zero-order valence-electron chi connectivity index (χ0n) is 9.39. The van der Waals surface area contributed by atoms with E-state index < -0.39 is 0 Å². The van der Waals surface area contributed by atoms with Crippen LogP contribution in [-0.2, 0) is 0 Å². The molecular weight excluding hydrogens is 326 g/mol. The number of nitrogens with one attached hydrogen (secondary N) is 1. The lowest BCUT2D eigenvalue weighted by Gasteiger charge is -1.98. The summed E-state index contributed by atoms with van der Waals surface area (Å²) in [6.45, 7) is 0. The van der Waals surface area contributed by atoms with E-state index in [9.17, 15) is 0 Å². The van der Waals surface area contributed by atoms with Crippen molar-refractivity contribution >= 4 is 48.4 Å². The third-order valence-corrected chi connectivity index (χ3v) is 5.39. The average molecular weight is 336 g/mol. The first-order valence-corrected chi connectivity index (χ1v) is 8.43. The number of rotatable bonds is 3. The Morgan fingerprint density at radius 1 is 0.889 bits per heavy atom. The molecule has 3 rings (SSSR count). The fraction of sp³-hybridized carbons (Fsp3) is 0.